The van der Waals surface area contributed by atoms with Crippen LogP contribution in [0.2, 0.25) is 0 Å². The van der Waals surface area contributed by atoms with Gasteiger partial charge in [-0.3, -0.25) is 9.59 Å². The molecule has 2 atom stereocenters. The first kappa shape index (κ1) is 14.7. The smallest absolute Gasteiger partial charge is 0.250 e. The van der Waals surface area contributed by atoms with Crippen LogP contribution in [0.4, 0.5) is 5.69 Å². The molecule has 1 saturated heterocycles. The van der Waals surface area contributed by atoms with Gasteiger partial charge in [-0.25, -0.2) is 0 Å². The summed E-state index contributed by atoms with van der Waals surface area (Å²) in [5.74, 6) is 0.309. The van der Waals surface area contributed by atoms with Crippen molar-refractivity contribution in [2.45, 2.75) is 13.5 Å². The van der Waals surface area contributed by atoms with Gasteiger partial charge in [0.1, 0.15) is 0 Å². The van der Waals surface area contributed by atoms with Crippen LogP contribution in [0.1, 0.15) is 6.92 Å². The Morgan fingerprint density at radius 2 is 2.30 bits per heavy atom. The van der Waals surface area contributed by atoms with Crippen molar-refractivity contribution in [2.24, 2.45) is 11.8 Å². The lowest BCUT2D eigenvalue weighted by Crippen LogP contribution is -2.29. The number of carbonyl (C=O) groups is 1. The van der Waals surface area contributed by atoms with Crippen molar-refractivity contribution in [1.82, 2.24) is 9.88 Å². The molecule has 110 valence electrons. The van der Waals surface area contributed by atoms with E-state index in [-0.39, 0.29) is 17.4 Å². The average Bonchev–Trinajstić information content (AvgIpc) is 2.85. The first-order valence-corrected chi connectivity index (χ1v) is 6.83. The lowest BCUT2D eigenvalue weighted by molar-refractivity contribution is -0.120. The molecule has 6 heteroatoms. The monoisotopic (exact) mass is 279 g/mol. The number of amides is 1. The molecule has 2 heterocycles. The van der Waals surface area contributed by atoms with E-state index in [1.54, 1.807) is 19.4 Å². The van der Waals surface area contributed by atoms with Crippen LogP contribution < -0.4 is 16.2 Å². The summed E-state index contributed by atoms with van der Waals surface area (Å²) < 4.78 is 6.50. The second-order valence-corrected chi connectivity index (χ2v) is 5.17. The maximum absolute atomic E-state index is 12.2. The molecule has 1 aliphatic rings. The van der Waals surface area contributed by atoms with E-state index in [1.807, 2.05) is 0 Å². The summed E-state index contributed by atoms with van der Waals surface area (Å²) in [7, 11) is 1.59. The normalized spacial score (nSPS) is 21.9. The van der Waals surface area contributed by atoms with Gasteiger partial charge in [-0.05, 0) is 18.5 Å². The molecular weight excluding hydrogens is 258 g/mol. The van der Waals surface area contributed by atoms with E-state index in [0.717, 1.165) is 6.54 Å². The summed E-state index contributed by atoms with van der Waals surface area (Å²) >= 11 is 0. The molecule has 20 heavy (non-hydrogen) atoms. The van der Waals surface area contributed by atoms with Gasteiger partial charge in [0.05, 0.1) is 18.2 Å². The van der Waals surface area contributed by atoms with Crippen LogP contribution in [-0.2, 0) is 16.1 Å². The Labute approximate surface area is 118 Å². The third kappa shape index (κ3) is 3.46. The first-order valence-electron chi connectivity index (χ1n) is 6.83. The van der Waals surface area contributed by atoms with Crippen molar-refractivity contribution in [2.75, 3.05) is 32.1 Å². The highest BCUT2D eigenvalue weighted by atomic mass is 16.5. The minimum Gasteiger partial charge on any atom is -0.383 e. The standard InChI is InChI=1S/C14H21N3O3/c1-10-7-15-8-12(10)14(19)16-11-3-4-13(18)17(9-11)5-6-20-2/h3-4,9-10,12,15H,5-8H2,1-2H3,(H,16,19)/t10-,12-/m1/s1. The SMILES string of the molecule is COCCn1cc(NC(=O)[C@@H]2CNC[C@H]2C)ccc1=O. The molecule has 1 aliphatic heterocycles. The van der Waals surface area contributed by atoms with E-state index in [9.17, 15) is 9.59 Å². The minimum absolute atomic E-state index is 0.000518. The van der Waals surface area contributed by atoms with E-state index >= 15 is 0 Å². The number of hydrogen-bond donors (Lipinski definition) is 2. The van der Waals surface area contributed by atoms with Crippen LogP contribution in [0.5, 0.6) is 0 Å². The van der Waals surface area contributed by atoms with Crippen LogP contribution in [0.3, 0.4) is 0 Å². The maximum atomic E-state index is 12.2. The van der Waals surface area contributed by atoms with Crippen LogP contribution in [0, 0.1) is 11.8 Å². The number of methoxy groups -OCH3 is 1. The number of nitrogens with one attached hydrogen (secondary N) is 2. The minimum atomic E-state index is -0.101. The zero-order chi connectivity index (χ0) is 14.5. The highest BCUT2D eigenvalue weighted by molar-refractivity contribution is 5.92. The molecule has 1 fully saturated rings. The van der Waals surface area contributed by atoms with Gasteiger partial charge in [0.2, 0.25) is 5.91 Å². The zero-order valence-corrected chi connectivity index (χ0v) is 11.9. The van der Waals surface area contributed by atoms with Gasteiger partial charge in [-0.15, -0.1) is 0 Å². The first-order chi connectivity index (χ1) is 9.61. The van der Waals surface area contributed by atoms with Crippen molar-refractivity contribution in [3.63, 3.8) is 0 Å². The van der Waals surface area contributed by atoms with Gasteiger partial charge in [0.15, 0.2) is 0 Å². The summed E-state index contributed by atoms with van der Waals surface area (Å²) in [6.45, 7) is 4.56. The predicted molar refractivity (Wildman–Crippen MR) is 76.7 cm³/mol. The number of nitrogens with zero attached hydrogens (tertiary/aromatic N) is 1. The average molecular weight is 279 g/mol. The quantitative estimate of drug-likeness (QED) is 0.812. The van der Waals surface area contributed by atoms with Gasteiger partial charge < -0.3 is 19.9 Å². The Hall–Kier alpha value is -1.66. The number of aromatic nitrogens is 1. The fraction of sp³-hybridized carbons (Fsp3) is 0.571. The summed E-state index contributed by atoms with van der Waals surface area (Å²) in [6.07, 6.45) is 1.66. The molecule has 2 rings (SSSR count). The number of hydrogen-bond acceptors (Lipinski definition) is 4. The Bertz CT molecular complexity index is 527. The van der Waals surface area contributed by atoms with Crippen LogP contribution in [0.25, 0.3) is 0 Å². The molecular formula is C14H21N3O3. The topological polar surface area (TPSA) is 72.4 Å². The lowest BCUT2D eigenvalue weighted by atomic mass is 9.97. The Balaban J connectivity index is 2.05. The Kier molecular flexibility index (Phi) is 4.92. The maximum Gasteiger partial charge on any atom is 0.250 e. The summed E-state index contributed by atoms with van der Waals surface area (Å²) in [5.41, 5.74) is 0.542. The number of rotatable bonds is 5. The summed E-state index contributed by atoms with van der Waals surface area (Å²) in [4.78, 5) is 23.8. The van der Waals surface area contributed by atoms with Crippen molar-refractivity contribution in [3.8, 4) is 0 Å². The number of anilines is 1. The highest BCUT2D eigenvalue weighted by Crippen LogP contribution is 2.18. The van der Waals surface area contributed by atoms with Crippen LogP contribution >= 0.6 is 0 Å². The zero-order valence-electron chi connectivity index (χ0n) is 11.9. The molecule has 0 radical (unpaired) electrons. The molecule has 0 aliphatic carbocycles. The highest BCUT2D eigenvalue weighted by Gasteiger charge is 2.29. The molecule has 1 aromatic heterocycles. The van der Waals surface area contributed by atoms with Gasteiger partial charge >= 0.3 is 0 Å². The second-order valence-electron chi connectivity index (χ2n) is 5.17. The van der Waals surface area contributed by atoms with Crippen molar-refractivity contribution in [1.29, 1.82) is 0 Å². The number of carbonyl (C=O) groups excluding carboxylic acids is 1. The number of ether oxygens (including phenoxy) is 1. The van der Waals surface area contributed by atoms with Gasteiger partial charge in [0.25, 0.3) is 5.56 Å². The third-order valence-corrected chi connectivity index (χ3v) is 3.64. The lowest BCUT2D eigenvalue weighted by Gasteiger charge is -2.15. The van der Waals surface area contributed by atoms with Crippen LogP contribution in [-0.4, -0.2) is 37.3 Å². The molecule has 0 unspecified atom stereocenters. The van der Waals surface area contributed by atoms with E-state index in [2.05, 4.69) is 17.6 Å². The second kappa shape index (κ2) is 6.67. The van der Waals surface area contributed by atoms with Gasteiger partial charge in [-0.1, -0.05) is 6.92 Å². The molecule has 0 bridgehead atoms. The van der Waals surface area contributed by atoms with Crippen molar-refractivity contribution in [3.05, 3.63) is 28.7 Å². The largest absolute Gasteiger partial charge is 0.383 e. The molecule has 2 N–H and O–H groups in total. The predicted octanol–water partition coefficient (Wildman–Crippen LogP) is 0.289. The van der Waals surface area contributed by atoms with Gasteiger partial charge in [0, 0.05) is 32.5 Å². The van der Waals surface area contributed by atoms with E-state index in [0.29, 0.717) is 31.3 Å². The Morgan fingerprint density at radius 1 is 1.50 bits per heavy atom. The van der Waals surface area contributed by atoms with E-state index < -0.39 is 0 Å². The molecule has 0 spiro atoms. The summed E-state index contributed by atoms with van der Waals surface area (Å²) in [5, 5.41) is 6.08. The van der Waals surface area contributed by atoms with Gasteiger partial charge in [-0.2, -0.15) is 0 Å². The fourth-order valence-electron chi connectivity index (χ4n) is 2.37. The van der Waals surface area contributed by atoms with Crippen molar-refractivity contribution < 1.29 is 9.53 Å². The fourth-order valence-corrected chi connectivity index (χ4v) is 2.37. The van der Waals surface area contributed by atoms with E-state index in [1.165, 1.54) is 10.6 Å². The molecule has 6 nitrogen and oxygen atoms in total. The number of pyridine rings is 1. The molecule has 1 amide bonds. The molecule has 1 aromatic rings. The summed E-state index contributed by atoms with van der Waals surface area (Å²) in [6, 6.07) is 3.10. The molecule has 0 saturated carbocycles. The van der Waals surface area contributed by atoms with Crippen LogP contribution in [0.15, 0.2) is 23.1 Å². The van der Waals surface area contributed by atoms with E-state index in [4.69, 9.17) is 4.74 Å². The van der Waals surface area contributed by atoms with Crippen molar-refractivity contribution >= 4 is 11.6 Å². The molecule has 0 aromatic carbocycles. The third-order valence-electron chi connectivity index (χ3n) is 3.64. The Morgan fingerprint density at radius 3 is 2.95 bits per heavy atom.